The molecule has 106 valence electrons. The van der Waals surface area contributed by atoms with Crippen LogP contribution in [0.3, 0.4) is 0 Å². The number of anilines is 2. The Kier molecular flexibility index (Phi) is 2.67. The van der Waals surface area contributed by atoms with Gasteiger partial charge in [-0.05, 0) is 48.4 Å². The van der Waals surface area contributed by atoms with Crippen LogP contribution in [0.1, 0.15) is 13.8 Å². The van der Waals surface area contributed by atoms with Crippen LogP contribution in [0, 0.1) is 0 Å². The van der Waals surface area contributed by atoms with Crippen molar-refractivity contribution >= 4 is 29.8 Å². The highest BCUT2D eigenvalue weighted by Crippen LogP contribution is 2.41. The number of benzene rings is 2. The molecular formula is C19H21NSi. The molecule has 1 spiro atoms. The summed E-state index contributed by atoms with van der Waals surface area (Å²) in [7, 11) is 0.565. The summed E-state index contributed by atoms with van der Waals surface area (Å²) < 4.78 is 0. The Labute approximate surface area is 127 Å². The summed E-state index contributed by atoms with van der Waals surface area (Å²) in [5, 5.41) is 3.25. The fraction of sp³-hybridized carbons (Fsp3) is 0.263. The van der Waals surface area contributed by atoms with E-state index in [-0.39, 0.29) is 0 Å². The highest BCUT2D eigenvalue weighted by molar-refractivity contribution is 7.05. The van der Waals surface area contributed by atoms with Gasteiger partial charge in [-0.2, -0.15) is 0 Å². The lowest BCUT2D eigenvalue weighted by molar-refractivity contribution is 1.21. The van der Waals surface area contributed by atoms with E-state index in [9.17, 15) is 0 Å². The van der Waals surface area contributed by atoms with Gasteiger partial charge in [0.25, 0.3) is 0 Å². The Balaban J connectivity index is 2.03. The molecule has 1 nitrogen and oxygen atoms in total. The molecule has 0 aliphatic carbocycles. The molecule has 2 heterocycles. The van der Waals surface area contributed by atoms with E-state index in [2.05, 4.69) is 74.3 Å². The van der Waals surface area contributed by atoms with Crippen molar-refractivity contribution in [3.05, 3.63) is 59.7 Å². The first-order chi connectivity index (χ1) is 10.1. The minimum Gasteiger partial charge on any atom is -0.345 e. The minimum absolute atomic E-state index is 1.29. The minimum atomic E-state index is -1.64. The lowest BCUT2D eigenvalue weighted by atomic mass is 10.2. The van der Waals surface area contributed by atoms with E-state index in [0.717, 1.165) is 0 Å². The molecule has 2 aliphatic rings. The predicted molar refractivity (Wildman–Crippen MR) is 94.0 cm³/mol. The normalized spacial score (nSPS) is 18.9. The quantitative estimate of drug-likeness (QED) is 0.529. The first-order valence-corrected chi connectivity index (χ1v) is 10.1. The summed E-state index contributed by atoms with van der Waals surface area (Å²) in [6.45, 7) is 4.67. The first kappa shape index (κ1) is 12.9. The van der Waals surface area contributed by atoms with Crippen molar-refractivity contribution in [2.24, 2.45) is 0 Å². The Morgan fingerprint density at radius 2 is 1.19 bits per heavy atom. The molecule has 2 aromatic rings. The summed E-state index contributed by atoms with van der Waals surface area (Å²) >= 11 is 0. The van der Waals surface area contributed by atoms with E-state index in [0.29, 0.717) is 0 Å². The van der Waals surface area contributed by atoms with Gasteiger partial charge in [0.05, 0.1) is 0 Å². The van der Waals surface area contributed by atoms with Gasteiger partial charge in [0.15, 0.2) is 0 Å². The molecule has 0 saturated carbocycles. The van der Waals surface area contributed by atoms with Crippen LogP contribution in [0.5, 0.6) is 0 Å². The van der Waals surface area contributed by atoms with Crippen LogP contribution < -0.4 is 15.3 Å². The summed E-state index contributed by atoms with van der Waals surface area (Å²) in [6.07, 6.45) is 0. The maximum Gasteiger partial charge on any atom is 0.131 e. The molecule has 0 fully saturated rings. The van der Waals surface area contributed by atoms with E-state index in [1.165, 1.54) is 23.5 Å². The van der Waals surface area contributed by atoms with Crippen molar-refractivity contribution in [1.29, 1.82) is 0 Å². The largest absolute Gasteiger partial charge is 0.345 e. The van der Waals surface area contributed by atoms with Crippen molar-refractivity contribution in [2.75, 3.05) is 11.9 Å². The maximum atomic E-state index is 2.39. The number of hydrogen-bond acceptors (Lipinski definition) is 1. The van der Waals surface area contributed by atoms with Crippen molar-refractivity contribution < 1.29 is 0 Å². The standard InChI is InChI=1S/C19H21NSi/c1-14-12-21(13-15(14)2)18-10-6-4-8-16(18)20(3)17-9-5-7-11-19(17)21/h4-11H,12-13H2,1-3H3. The SMILES string of the molecule is CC1=C(C)C[Si]2(C1)c1ccccc1N(C)c1ccccc12. The van der Waals surface area contributed by atoms with Crippen molar-refractivity contribution in [3.63, 3.8) is 0 Å². The maximum absolute atomic E-state index is 2.39. The second-order valence-corrected chi connectivity index (χ2v) is 10.5. The topological polar surface area (TPSA) is 3.24 Å². The van der Waals surface area contributed by atoms with Gasteiger partial charge in [0, 0.05) is 18.4 Å². The molecular weight excluding hydrogens is 270 g/mol. The van der Waals surface area contributed by atoms with Gasteiger partial charge < -0.3 is 4.90 Å². The molecule has 0 radical (unpaired) electrons. The molecule has 0 unspecified atom stereocenters. The third-order valence-corrected chi connectivity index (χ3v) is 10.6. The van der Waals surface area contributed by atoms with Crippen LogP contribution in [-0.4, -0.2) is 15.1 Å². The summed E-state index contributed by atoms with van der Waals surface area (Å²) in [4.78, 5) is 2.38. The van der Waals surface area contributed by atoms with Crippen LogP contribution in [0.2, 0.25) is 12.1 Å². The number of allylic oxidation sites excluding steroid dienone is 2. The third-order valence-electron chi connectivity index (χ3n) is 5.42. The van der Waals surface area contributed by atoms with Crippen molar-refractivity contribution in [2.45, 2.75) is 25.9 Å². The Morgan fingerprint density at radius 1 is 0.762 bits per heavy atom. The van der Waals surface area contributed by atoms with Crippen LogP contribution in [-0.2, 0) is 0 Å². The number of para-hydroxylation sites is 2. The van der Waals surface area contributed by atoms with E-state index >= 15 is 0 Å². The second-order valence-electron chi connectivity index (χ2n) is 6.59. The highest BCUT2D eigenvalue weighted by Gasteiger charge is 2.47. The first-order valence-electron chi connectivity index (χ1n) is 7.71. The molecule has 0 atom stereocenters. The Hall–Kier alpha value is -1.80. The summed E-state index contributed by atoms with van der Waals surface area (Å²) in [6, 6.07) is 20.7. The second kappa shape index (κ2) is 4.34. The number of fused-ring (bicyclic) bond motifs is 4. The van der Waals surface area contributed by atoms with Gasteiger partial charge in [-0.15, -0.1) is 0 Å². The average Bonchev–Trinajstić information content (AvgIpc) is 2.82. The molecule has 2 aromatic carbocycles. The van der Waals surface area contributed by atoms with E-state index in [1.54, 1.807) is 21.5 Å². The lowest BCUT2D eigenvalue weighted by Gasteiger charge is -2.41. The van der Waals surface area contributed by atoms with Crippen LogP contribution in [0.4, 0.5) is 11.4 Å². The molecule has 0 N–H and O–H groups in total. The summed E-state index contributed by atoms with van der Waals surface area (Å²) in [5.41, 5.74) is 6.09. The van der Waals surface area contributed by atoms with Gasteiger partial charge in [-0.25, -0.2) is 0 Å². The van der Waals surface area contributed by atoms with Gasteiger partial charge in [-0.1, -0.05) is 47.5 Å². The molecule has 2 heteroatoms. The fourth-order valence-electron chi connectivity index (χ4n) is 4.27. The molecule has 2 aliphatic heterocycles. The zero-order valence-electron chi connectivity index (χ0n) is 13.0. The number of rotatable bonds is 0. The monoisotopic (exact) mass is 291 g/mol. The molecule has 0 aromatic heterocycles. The average molecular weight is 291 g/mol. The van der Waals surface area contributed by atoms with Gasteiger partial charge >= 0.3 is 0 Å². The van der Waals surface area contributed by atoms with E-state index < -0.39 is 8.07 Å². The van der Waals surface area contributed by atoms with Crippen molar-refractivity contribution in [3.8, 4) is 0 Å². The van der Waals surface area contributed by atoms with E-state index in [4.69, 9.17) is 0 Å². The molecule has 21 heavy (non-hydrogen) atoms. The predicted octanol–water partition coefficient (Wildman–Crippen LogP) is 3.68. The molecule has 4 rings (SSSR count). The molecule has 0 amide bonds. The van der Waals surface area contributed by atoms with Gasteiger partial charge in [0.2, 0.25) is 0 Å². The zero-order valence-corrected chi connectivity index (χ0v) is 14.0. The highest BCUT2D eigenvalue weighted by atomic mass is 28.3. The van der Waals surface area contributed by atoms with Crippen LogP contribution in [0.15, 0.2) is 59.7 Å². The van der Waals surface area contributed by atoms with E-state index in [1.807, 2.05) is 0 Å². The number of nitrogens with zero attached hydrogens (tertiary/aromatic N) is 1. The number of hydrogen-bond donors (Lipinski definition) is 0. The molecule has 0 bridgehead atoms. The summed E-state index contributed by atoms with van der Waals surface area (Å²) in [5.74, 6) is 0. The Morgan fingerprint density at radius 3 is 1.67 bits per heavy atom. The smallest absolute Gasteiger partial charge is 0.131 e. The van der Waals surface area contributed by atoms with Gasteiger partial charge in [-0.3, -0.25) is 0 Å². The van der Waals surface area contributed by atoms with Gasteiger partial charge in [0.1, 0.15) is 8.07 Å². The third kappa shape index (κ3) is 1.63. The molecule has 0 saturated heterocycles. The van der Waals surface area contributed by atoms with Crippen LogP contribution in [0.25, 0.3) is 0 Å². The fourth-order valence-corrected chi connectivity index (χ4v) is 10.2. The van der Waals surface area contributed by atoms with Crippen molar-refractivity contribution in [1.82, 2.24) is 0 Å². The Bertz CT molecular complexity index is 696. The zero-order chi connectivity index (χ0) is 14.6. The van der Waals surface area contributed by atoms with Crippen LogP contribution >= 0.6 is 0 Å². The lowest BCUT2D eigenvalue weighted by Crippen LogP contribution is -2.61.